The molecule has 2 rings (SSSR count). The van der Waals surface area contributed by atoms with E-state index < -0.39 is 18.5 Å². The van der Waals surface area contributed by atoms with E-state index in [2.05, 4.69) is 5.32 Å². The van der Waals surface area contributed by atoms with E-state index in [1.807, 2.05) is 13.2 Å². The summed E-state index contributed by atoms with van der Waals surface area (Å²) >= 11 is 13.4. The molecule has 2 aromatic rings. The molecule has 2 aromatic carbocycles. The average molecular weight is 384 g/mol. The summed E-state index contributed by atoms with van der Waals surface area (Å²) in [6, 6.07) is 10.2. The number of hydrogen-bond donors (Lipinski definition) is 1. The first kappa shape index (κ1) is 18.6. The summed E-state index contributed by atoms with van der Waals surface area (Å²) < 4.78 is 5.03. The summed E-state index contributed by atoms with van der Waals surface area (Å²) in [5.41, 5.74) is 1.66. The number of anilines is 1. The maximum atomic E-state index is 12.1. The molecule has 0 radical (unpaired) electrons. The molecule has 0 atom stereocenters. The summed E-state index contributed by atoms with van der Waals surface area (Å²) in [5.74, 6) is -1.10. The van der Waals surface area contributed by atoms with Crippen molar-refractivity contribution < 1.29 is 14.3 Å². The minimum atomic E-state index is -0.645. The zero-order valence-electron chi connectivity index (χ0n) is 13.1. The van der Waals surface area contributed by atoms with Gasteiger partial charge in [-0.3, -0.25) is 4.79 Å². The monoisotopic (exact) mass is 383 g/mol. The van der Waals surface area contributed by atoms with E-state index in [0.29, 0.717) is 10.7 Å². The number of carbonyl (C=O) groups is 2. The molecule has 0 saturated carbocycles. The van der Waals surface area contributed by atoms with Gasteiger partial charge in [0.15, 0.2) is 6.61 Å². The summed E-state index contributed by atoms with van der Waals surface area (Å²) in [5, 5.41) is 3.45. The van der Waals surface area contributed by atoms with Gasteiger partial charge in [-0.2, -0.15) is 0 Å². The molecule has 0 bridgehead atoms. The Kier molecular flexibility index (Phi) is 6.54. The van der Waals surface area contributed by atoms with Gasteiger partial charge < -0.3 is 10.1 Å². The Morgan fingerprint density at radius 3 is 2.62 bits per heavy atom. The van der Waals surface area contributed by atoms with Crippen LogP contribution in [0.15, 0.2) is 41.3 Å². The van der Waals surface area contributed by atoms with Crippen molar-refractivity contribution in [3.63, 3.8) is 0 Å². The van der Waals surface area contributed by atoms with Crippen LogP contribution in [-0.2, 0) is 9.53 Å². The van der Waals surface area contributed by atoms with Crippen molar-refractivity contribution in [1.29, 1.82) is 0 Å². The predicted molar refractivity (Wildman–Crippen MR) is 98.3 cm³/mol. The van der Waals surface area contributed by atoms with E-state index in [1.165, 1.54) is 11.8 Å². The minimum absolute atomic E-state index is 0.232. The Hall–Kier alpha value is -1.69. The van der Waals surface area contributed by atoms with Crippen molar-refractivity contribution >= 4 is 52.5 Å². The summed E-state index contributed by atoms with van der Waals surface area (Å²) in [6.07, 6.45) is 1.89. The van der Waals surface area contributed by atoms with Crippen molar-refractivity contribution in [3.8, 4) is 0 Å². The molecule has 126 valence electrons. The number of aryl methyl sites for hydroxylation is 1. The van der Waals surface area contributed by atoms with Crippen molar-refractivity contribution in [3.05, 3.63) is 57.6 Å². The molecule has 0 aliphatic heterocycles. The second-order valence-corrected chi connectivity index (χ2v) is 6.65. The van der Waals surface area contributed by atoms with Crippen molar-refractivity contribution in [2.24, 2.45) is 0 Å². The highest BCUT2D eigenvalue weighted by Crippen LogP contribution is 2.24. The molecule has 0 heterocycles. The lowest BCUT2D eigenvalue weighted by molar-refractivity contribution is -0.119. The standard InChI is InChI=1S/C17H15Cl2NO3S/c1-10-3-4-11(18)7-15(10)20-16(21)9-23-17(22)13-8-12(24-2)5-6-14(13)19/h3-8H,9H2,1-2H3,(H,20,21). The average Bonchev–Trinajstić information content (AvgIpc) is 2.56. The number of ether oxygens (including phenoxy) is 1. The third kappa shape index (κ3) is 4.90. The number of halogens is 2. The van der Waals surface area contributed by atoms with Crippen LogP contribution in [0.5, 0.6) is 0 Å². The van der Waals surface area contributed by atoms with Crippen LogP contribution >= 0.6 is 35.0 Å². The van der Waals surface area contributed by atoms with Gasteiger partial charge in [-0.15, -0.1) is 11.8 Å². The van der Waals surface area contributed by atoms with Gasteiger partial charge in [-0.05, 0) is 49.1 Å². The Balaban J connectivity index is 1.99. The number of carbonyl (C=O) groups excluding carboxylic acids is 2. The Morgan fingerprint density at radius 1 is 1.17 bits per heavy atom. The minimum Gasteiger partial charge on any atom is -0.452 e. The molecule has 1 amide bonds. The van der Waals surface area contributed by atoms with E-state index in [0.717, 1.165) is 10.5 Å². The molecule has 7 heteroatoms. The van der Waals surface area contributed by atoms with Gasteiger partial charge in [-0.25, -0.2) is 4.79 Å². The third-order valence-corrected chi connectivity index (χ3v) is 4.49. The molecule has 0 aromatic heterocycles. The number of hydrogen-bond acceptors (Lipinski definition) is 4. The number of amides is 1. The highest BCUT2D eigenvalue weighted by Gasteiger charge is 2.15. The first-order valence-corrected chi connectivity index (χ1v) is 8.95. The lowest BCUT2D eigenvalue weighted by Gasteiger charge is -2.10. The van der Waals surface area contributed by atoms with Gasteiger partial charge in [0, 0.05) is 15.6 Å². The molecule has 0 fully saturated rings. The number of benzene rings is 2. The summed E-state index contributed by atoms with van der Waals surface area (Å²) in [7, 11) is 0. The van der Waals surface area contributed by atoms with Gasteiger partial charge >= 0.3 is 5.97 Å². The van der Waals surface area contributed by atoms with Crippen molar-refractivity contribution in [1.82, 2.24) is 0 Å². The lowest BCUT2D eigenvalue weighted by atomic mass is 10.2. The SMILES string of the molecule is CSc1ccc(Cl)c(C(=O)OCC(=O)Nc2cc(Cl)ccc2C)c1. The van der Waals surface area contributed by atoms with Crippen LogP contribution in [0, 0.1) is 6.92 Å². The van der Waals surface area contributed by atoms with E-state index >= 15 is 0 Å². The first-order valence-electron chi connectivity index (χ1n) is 6.97. The molecule has 0 saturated heterocycles. The zero-order valence-corrected chi connectivity index (χ0v) is 15.4. The molecule has 1 N–H and O–H groups in total. The van der Waals surface area contributed by atoms with E-state index in [1.54, 1.807) is 36.4 Å². The van der Waals surface area contributed by atoms with Gasteiger partial charge in [-0.1, -0.05) is 29.3 Å². The fraction of sp³-hybridized carbons (Fsp3) is 0.176. The number of nitrogens with one attached hydrogen (secondary N) is 1. The zero-order chi connectivity index (χ0) is 17.7. The van der Waals surface area contributed by atoms with Crippen LogP contribution in [-0.4, -0.2) is 24.7 Å². The summed E-state index contributed by atoms with van der Waals surface area (Å²) in [6.45, 7) is 1.43. The van der Waals surface area contributed by atoms with Crippen LogP contribution in [0.3, 0.4) is 0 Å². The van der Waals surface area contributed by atoms with Gasteiger partial charge in [0.2, 0.25) is 0 Å². The van der Waals surface area contributed by atoms with Gasteiger partial charge in [0.05, 0.1) is 10.6 Å². The molecule has 0 unspecified atom stereocenters. The van der Waals surface area contributed by atoms with Crippen LogP contribution in [0.25, 0.3) is 0 Å². The smallest absolute Gasteiger partial charge is 0.340 e. The Morgan fingerprint density at radius 2 is 1.92 bits per heavy atom. The van der Waals surface area contributed by atoms with Gasteiger partial charge in [0.25, 0.3) is 5.91 Å². The van der Waals surface area contributed by atoms with E-state index in [-0.39, 0.29) is 10.6 Å². The maximum absolute atomic E-state index is 12.1. The van der Waals surface area contributed by atoms with Crippen LogP contribution in [0.4, 0.5) is 5.69 Å². The quantitative estimate of drug-likeness (QED) is 0.593. The Labute approximate surface area is 154 Å². The highest BCUT2D eigenvalue weighted by molar-refractivity contribution is 7.98. The predicted octanol–water partition coefficient (Wildman–Crippen LogP) is 4.82. The van der Waals surface area contributed by atoms with Crippen LogP contribution in [0.2, 0.25) is 10.0 Å². The fourth-order valence-corrected chi connectivity index (χ4v) is 2.72. The highest BCUT2D eigenvalue weighted by atomic mass is 35.5. The number of rotatable bonds is 5. The molecule has 24 heavy (non-hydrogen) atoms. The Bertz CT molecular complexity index is 780. The number of esters is 1. The number of thioether (sulfide) groups is 1. The van der Waals surface area contributed by atoms with Gasteiger partial charge in [0.1, 0.15) is 0 Å². The van der Waals surface area contributed by atoms with Crippen molar-refractivity contribution in [2.75, 3.05) is 18.2 Å². The molecular formula is C17H15Cl2NO3S. The van der Waals surface area contributed by atoms with Crippen LogP contribution in [0.1, 0.15) is 15.9 Å². The second-order valence-electron chi connectivity index (χ2n) is 4.93. The van der Waals surface area contributed by atoms with Crippen molar-refractivity contribution in [2.45, 2.75) is 11.8 Å². The largest absolute Gasteiger partial charge is 0.452 e. The van der Waals surface area contributed by atoms with E-state index in [9.17, 15) is 9.59 Å². The third-order valence-electron chi connectivity index (χ3n) is 3.20. The first-order chi connectivity index (χ1) is 11.4. The normalized spacial score (nSPS) is 10.3. The lowest BCUT2D eigenvalue weighted by Crippen LogP contribution is -2.21. The molecular weight excluding hydrogens is 369 g/mol. The topological polar surface area (TPSA) is 55.4 Å². The summed E-state index contributed by atoms with van der Waals surface area (Å²) in [4.78, 5) is 24.9. The van der Waals surface area contributed by atoms with E-state index in [4.69, 9.17) is 27.9 Å². The second kappa shape index (κ2) is 8.42. The molecule has 0 aliphatic rings. The molecule has 4 nitrogen and oxygen atoms in total. The molecule has 0 spiro atoms. The maximum Gasteiger partial charge on any atom is 0.340 e. The fourth-order valence-electron chi connectivity index (χ4n) is 1.91. The van der Waals surface area contributed by atoms with Crippen LogP contribution < -0.4 is 5.32 Å². The molecule has 0 aliphatic carbocycles.